The summed E-state index contributed by atoms with van der Waals surface area (Å²) in [5, 5.41) is 24.7. The molecule has 8 rings (SSSR count). The highest BCUT2D eigenvalue weighted by Gasteiger charge is 2.72. The van der Waals surface area contributed by atoms with Crippen molar-refractivity contribution in [2.75, 3.05) is 13.6 Å². The molecule has 158 valence electrons. The Morgan fingerprint density at radius 3 is 2.94 bits per heavy atom. The zero-order valence-electron chi connectivity index (χ0n) is 17.7. The Morgan fingerprint density at radius 1 is 1.13 bits per heavy atom. The van der Waals surface area contributed by atoms with E-state index in [0.717, 1.165) is 44.3 Å². The van der Waals surface area contributed by atoms with Gasteiger partial charge in [-0.3, -0.25) is 0 Å². The standard InChI is InChI=1S/C26H26N2O3/c1-27-11-9-25-20-15-7-8-18(29)23(20)31-24(25)22-17(13-26(25,30)19(27)12-15)16-6-2-4-14-5-3-10-28(22)21(14)16/h2,4,6-8,19,24,29-30H,3,5,9-13H2,1H3/t19-,24+,25?,26-/m1/s1. The monoisotopic (exact) mass is 414 g/mol. The smallest absolute Gasteiger partial charge is 0.166 e. The molecule has 5 heteroatoms. The molecule has 1 fully saturated rings. The number of hydrogen-bond acceptors (Lipinski definition) is 4. The topological polar surface area (TPSA) is 57.9 Å². The van der Waals surface area contributed by atoms with Crippen LogP contribution in [0.2, 0.25) is 0 Å². The molecule has 1 unspecified atom stereocenters. The van der Waals surface area contributed by atoms with E-state index in [9.17, 15) is 10.2 Å². The van der Waals surface area contributed by atoms with E-state index in [-0.39, 0.29) is 17.9 Å². The lowest BCUT2D eigenvalue weighted by molar-refractivity contribution is -0.168. The maximum atomic E-state index is 12.6. The molecule has 3 aromatic rings. The van der Waals surface area contributed by atoms with Crippen LogP contribution < -0.4 is 4.74 Å². The highest BCUT2D eigenvalue weighted by Crippen LogP contribution is 2.69. The molecule has 1 aromatic heterocycles. The molecule has 0 amide bonds. The van der Waals surface area contributed by atoms with Crippen molar-refractivity contribution in [2.24, 2.45) is 0 Å². The van der Waals surface area contributed by atoms with Crippen molar-refractivity contribution >= 4 is 10.9 Å². The molecule has 1 saturated heterocycles. The van der Waals surface area contributed by atoms with Crippen LogP contribution in [0.1, 0.15) is 46.9 Å². The number of ether oxygens (including phenoxy) is 1. The molecule has 3 aliphatic heterocycles. The number of phenols is 1. The number of aryl methyl sites for hydroxylation is 2. The number of aromatic nitrogens is 1. The number of nitrogens with zero attached hydrogens (tertiary/aromatic N) is 2. The van der Waals surface area contributed by atoms with Crippen molar-refractivity contribution in [3.05, 3.63) is 58.3 Å². The van der Waals surface area contributed by atoms with E-state index in [1.54, 1.807) is 6.07 Å². The maximum Gasteiger partial charge on any atom is 0.166 e. The van der Waals surface area contributed by atoms with Gasteiger partial charge in [0.05, 0.1) is 22.2 Å². The van der Waals surface area contributed by atoms with E-state index in [1.807, 2.05) is 0 Å². The Bertz CT molecular complexity index is 1330. The van der Waals surface area contributed by atoms with Crippen LogP contribution >= 0.6 is 0 Å². The third-order valence-electron chi connectivity index (χ3n) is 9.32. The normalized spacial score (nSPS) is 34.4. The number of hydrogen-bond donors (Lipinski definition) is 2. The van der Waals surface area contributed by atoms with Crippen molar-refractivity contribution in [3.8, 4) is 11.5 Å². The van der Waals surface area contributed by atoms with Crippen LogP contribution in [0.15, 0.2) is 30.3 Å². The summed E-state index contributed by atoms with van der Waals surface area (Å²) in [6.07, 6.45) is 4.28. The van der Waals surface area contributed by atoms with Gasteiger partial charge in [-0.05, 0) is 62.0 Å². The van der Waals surface area contributed by atoms with Gasteiger partial charge >= 0.3 is 0 Å². The number of likely N-dealkylation sites (N-methyl/N-ethyl adjacent to an activating group) is 1. The highest BCUT2D eigenvalue weighted by atomic mass is 16.5. The van der Waals surface area contributed by atoms with Gasteiger partial charge < -0.3 is 24.4 Å². The van der Waals surface area contributed by atoms with Crippen molar-refractivity contribution < 1.29 is 14.9 Å². The Hall–Kier alpha value is -2.50. The number of rotatable bonds is 0. The number of para-hydroxylation sites is 1. The second-order valence-electron chi connectivity index (χ2n) is 10.4. The average molecular weight is 415 g/mol. The van der Waals surface area contributed by atoms with Crippen molar-refractivity contribution in [1.82, 2.24) is 9.47 Å². The number of benzene rings is 2. The van der Waals surface area contributed by atoms with Gasteiger partial charge in [-0.25, -0.2) is 0 Å². The van der Waals surface area contributed by atoms with Gasteiger partial charge in [0, 0.05) is 30.0 Å². The Balaban J connectivity index is 1.53. The summed E-state index contributed by atoms with van der Waals surface area (Å²) in [4.78, 5) is 2.35. The molecule has 2 N–H and O–H groups in total. The molecule has 5 aliphatic rings. The third-order valence-corrected chi connectivity index (χ3v) is 9.32. The zero-order chi connectivity index (χ0) is 20.7. The second kappa shape index (κ2) is 5.11. The van der Waals surface area contributed by atoms with Crippen LogP contribution in [-0.2, 0) is 31.2 Å². The van der Waals surface area contributed by atoms with Crippen LogP contribution in [-0.4, -0.2) is 44.9 Å². The third kappa shape index (κ3) is 1.64. The van der Waals surface area contributed by atoms with Gasteiger partial charge in [0.1, 0.15) is 0 Å². The summed E-state index contributed by atoms with van der Waals surface area (Å²) in [5.41, 5.74) is 6.17. The first kappa shape index (κ1) is 17.1. The minimum atomic E-state index is -0.910. The van der Waals surface area contributed by atoms with Crippen molar-refractivity contribution in [1.29, 1.82) is 0 Å². The number of piperidine rings is 1. The van der Waals surface area contributed by atoms with Gasteiger partial charge in [-0.1, -0.05) is 24.3 Å². The van der Waals surface area contributed by atoms with Crippen LogP contribution in [0.4, 0.5) is 0 Å². The van der Waals surface area contributed by atoms with Gasteiger partial charge in [-0.2, -0.15) is 0 Å². The van der Waals surface area contributed by atoms with Crippen LogP contribution in [0, 0.1) is 0 Å². The SMILES string of the molecule is CN1CCC23c4c5ccc(O)c4O[C@H]2c2c(c4cccc6c4n2CCC6)C[C@@]3(O)[C@H]1C5. The van der Waals surface area contributed by atoms with E-state index >= 15 is 0 Å². The number of phenolic OH excluding ortho intramolecular Hbond substituents is 1. The molecule has 1 spiro atoms. The van der Waals surface area contributed by atoms with Crippen LogP contribution in [0.5, 0.6) is 11.5 Å². The first-order chi connectivity index (χ1) is 15.0. The van der Waals surface area contributed by atoms with Crippen LogP contribution in [0.25, 0.3) is 10.9 Å². The largest absolute Gasteiger partial charge is 0.504 e. The Labute approximate surface area is 180 Å². The van der Waals surface area contributed by atoms with E-state index in [2.05, 4.69) is 40.8 Å². The zero-order valence-corrected chi connectivity index (χ0v) is 17.7. The summed E-state index contributed by atoms with van der Waals surface area (Å²) < 4.78 is 9.22. The summed E-state index contributed by atoms with van der Waals surface area (Å²) in [6, 6.07) is 10.5. The minimum absolute atomic E-state index is 0.0511. The van der Waals surface area contributed by atoms with E-state index in [4.69, 9.17) is 4.74 Å². The Kier molecular flexibility index (Phi) is 2.82. The lowest BCUT2D eigenvalue weighted by Crippen LogP contribution is -2.74. The number of aromatic hydroxyl groups is 1. The first-order valence-corrected chi connectivity index (χ1v) is 11.6. The predicted molar refractivity (Wildman–Crippen MR) is 117 cm³/mol. The number of fused-ring (bicyclic) bond motifs is 4. The van der Waals surface area contributed by atoms with Crippen LogP contribution in [0.3, 0.4) is 0 Å². The number of aliphatic hydroxyl groups is 1. The average Bonchev–Trinajstić information content (AvgIpc) is 3.27. The fourth-order valence-electron chi connectivity index (χ4n) is 8.12. The predicted octanol–water partition coefficient (Wildman–Crippen LogP) is 3.21. The van der Waals surface area contributed by atoms with Crippen molar-refractivity contribution in [2.45, 2.75) is 61.8 Å². The molecular formula is C26H26N2O3. The molecule has 2 bridgehead atoms. The summed E-state index contributed by atoms with van der Waals surface area (Å²) in [5.74, 6) is 0.824. The molecule has 4 heterocycles. The van der Waals surface area contributed by atoms with Gasteiger partial charge in [0.2, 0.25) is 0 Å². The lowest BCUT2D eigenvalue weighted by Gasteiger charge is -2.62. The summed E-state index contributed by atoms with van der Waals surface area (Å²) in [7, 11) is 2.15. The molecule has 0 radical (unpaired) electrons. The van der Waals surface area contributed by atoms with E-state index in [1.165, 1.54) is 33.3 Å². The molecular weight excluding hydrogens is 388 g/mol. The molecule has 4 atom stereocenters. The first-order valence-electron chi connectivity index (χ1n) is 11.6. The molecule has 31 heavy (non-hydrogen) atoms. The maximum absolute atomic E-state index is 12.6. The fourth-order valence-corrected chi connectivity index (χ4v) is 8.12. The van der Waals surface area contributed by atoms with Gasteiger partial charge in [-0.15, -0.1) is 0 Å². The molecule has 5 nitrogen and oxygen atoms in total. The lowest BCUT2D eigenvalue weighted by atomic mass is 9.49. The molecule has 0 saturated carbocycles. The quantitative estimate of drug-likeness (QED) is 0.593. The van der Waals surface area contributed by atoms with E-state index < -0.39 is 11.0 Å². The minimum Gasteiger partial charge on any atom is -0.504 e. The van der Waals surface area contributed by atoms with E-state index in [0.29, 0.717) is 12.2 Å². The second-order valence-corrected chi connectivity index (χ2v) is 10.4. The van der Waals surface area contributed by atoms with Crippen molar-refractivity contribution in [3.63, 3.8) is 0 Å². The summed E-state index contributed by atoms with van der Waals surface area (Å²) >= 11 is 0. The van der Waals surface area contributed by atoms with Gasteiger partial charge in [0.25, 0.3) is 0 Å². The number of likely N-dealkylation sites (tertiary alicyclic amines) is 1. The Morgan fingerprint density at radius 2 is 2.03 bits per heavy atom. The fraction of sp³-hybridized carbons (Fsp3) is 0.462. The molecule has 2 aliphatic carbocycles. The summed E-state index contributed by atoms with van der Waals surface area (Å²) in [6.45, 7) is 1.93. The van der Waals surface area contributed by atoms with Gasteiger partial charge in [0.15, 0.2) is 17.6 Å². The molecule has 2 aromatic carbocycles. The highest BCUT2D eigenvalue weighted by molar-refractivity contribution is 5.90.